The molecule has 2 heterocycles. The minimum absolute atomic E-state index is 0.286. The lowest BCUT2D eigenvalue weighted by atomic mass is 10.2. The lowest BCUT2D eigenvalue weighted by Crippen LogP contribution is -1.96. The fourth-order valence-electron chi connectivity index (χ4n) is 1.79. The van der Waals surface area contributed by atoms with Gasteiger partial charge < -0.3 is 0 Å². The van der Waals surface area contributed by atoms with Gasteiger partial charge in [0.25, 0.3) is 0 Å². The molecule has 0 spiro atoms. The normalized spacial score (nSPS) is 11.1. The molecule has 0 amide bonds. The maximum absolute atomic E-state index is 13.9. The Kier molecular flexibility index (Phi) is 3.65. The van der Waals surface area contributed by atoms with Crippen LogP contribution in [0.15, 0.2) is 53.9 Å². The minimum atomic E-state index is -0.385. The number of H-pyrrole nitrogens is 1. The van der Waals surface area contributed by atoms with Crippen molar-refractivity contribution in [2.45, 2.75) is 0 Å². The van der Waals surface area contributed by atoms with Crippen molar-refractivity contribution in [1.82, 2.24) is 19.9 Å². The van der Waals surface area contributed by atoms with Crippen LogP contribution in [0.1, 0.15) is 5.56 Å². The van der Waals surface area contributed by atoms with E-state index in [1.54, 1.807) is 42.9 Å². The monoisotopic (exact) mass is 299 g/mol. The van der Waals surface area contributed by atoms with E-state index >= 15 is 0 Å². The van der Waals surface area contributed by atoms with E-state index in [2.05, 4.69) is 20.3 Å². The molecule has 0 aliphatic rings. The third kappa shape index (κ3) is 2.77. The number of hydrogen-bond donors (Lipinski definition) is 1. The van der Waals surface area contributed by atoms with Crippen LogP contribution in [0.25, 0.3) is 11.4 Å². The first-order chi connectivity index (χ1) is 10.3. The van der Waals surface area contributed by atoms with Gasteiger partial charge in [-0.15, -0.1) is 0 Å². The second-order valence-corrected chi connectivity index (χ2v) is 4.56. The van der Waals surface area contributed by atoms with Gasteiger partial charge in [0.1, 0.15) is 5.82 Å². The van der Waals surface area contributed by atoms with E-state index in [-0.39, 0.29) is 10.6 Å². The lowest BCUT2D eigenvalue weighted by Gasteiger charge is -2.01. The van der Waals surface area contributed by atoms with Crippen molar-refractivity contribution in [3.8, 4) is 11.4 Å². The molecule has 3 aromatic rings. The topological polar surface area (TPSA) is 58.9 Å². The molecular formula is C14H10FN5S. The van der Waals surface area contributed by atoms with Crippen LogP contribution in [0.3, 0.4) is 0 Å². The number of pyridine rings is 1. The molecule has 0 bridgehead atoms. The Labute approximate surface area is 124 Å². The molecule has 0 aliphatic heterocycles. The summed E-state index contributed by atoms with van der Waals surface area (Å²) in [5.74, 6) is -0.0671. The van der Waals surface area contributed by atoms with Crippen LogP contribution in [0, 0.1) is 10.6 Å². The lowest BCUT2D eigenvalue weighted by molar-refractivity contribution is 0.628. The molecule has 0 saturated carbocycles. The van der Waals surface area contributed by atoms with E-state index in [4.69, 9.17) is 12.2 Å². The molecule has 0 saturated heterocycles. The van der Waals surface area contributed by atoms with Crippen molar-refractivity contribution in [3.63, 3.8) is 0 Å². The number of benzene rings is 1. The summed E-state index contributed by atoms with van der Waals surface area (Å²) < 4.78 is 15.5. The molecule has 0 fully saturated rings. The molecule has 0 aliphatic carbocycles. The fourth-order valence-corrected chi connectivity index (χ4v) is 1.97. The van der Waals surface area contributed by atoms with Crippen LogP contribution in [0.2, 0.25) is 0 Å². The van der Waals surface area contributed by atoms with Gasteiger partial charge in [-0.1, -0.05) is 18.2 Å². The number of rotatable bonds is 3. The highest BCUT2D eigenvalue weighted by Crippen LogP contribution is 2.20. The Morgan fingerprint density at radius 3 is 2.86 bits per heavy atom. The predicted octanol–water partition coefficient (Wildman–Crippen LogP) is 3.02. The average Bonchev–Trinajstić information content (AvgIpc) is 2.88. The first-order valence-electron chi connectivity index (χ1n) is 6.12. The zero-order valence-corrected chi connectivity index (χ0v) is 11.6. The summed E-state index contributed by atoms with van der Waals surface area (Å²) in [7, 11) is 0. The summed E-state index contributed by atoms with van der Waals surface area (Å²) >= 11 is 5.12. The minimum Gasteiger partial charge on any atom is -0.264 e. The largest absolute Gasteiger partial charge is 0.264 e. The Bertz CT molecular complexity index is 838. The Hall–Kier alpha value is -2.67. The maximum atomic E-state index is 13.9. The van der Waals surface area contributed by atoms with Crippen molar-refractivity contribution in [3.05, 3.63) is 64.9 Å². The number of aromatic nitrogens is 4. The number of nitrogens with zero attached hydrogens (tertiary/aromatic N) is 4. The molecule has 0 radical (unpaired) electrons. The van der Waals surface area contributed by atoms with Crippen LogP contribution in [-0.4, -0.2) is 26.1 Å². The second kappa shape index (κ2) is 5.76. The maximum Gasteiger partial charge on any atom is 0.216 e. The number of nitrogens with one attached hydrogen (secondary N) is 1. The summed E-state index contributed by atoms with van der Waals surface area (Å²) in [6.07, 6.45) is 4.92. The van der Waals surface area contributed by atoms with Crippen molar-refractivity contribution in [1.29, 1.82) is 0 Å². The Balaban J connectivity index is 2.05. The number of halogens is 1. The van der Waals surface area contributed by atoms with Crippen LogP contribution >= 0.6 is 12.2 Å². The van der Waals surface area contributed by atoms with Crippen LogP contribution < -0.4 is 0 Å². The smallest absolute Gasteiger partial charge is 0.216 e. The summed E-state index contributed by atoms with van der Waals surface area (Å²) in [5, 5.41) is 10.9. The van der Waals surface area contributed by atoms with E-state index < -0.39 is 0 Å². The van der Waals surface area contributed by atoms with Gasteiger partial charge in [0.2, 0.25) is 4.77 Å². The van der Waals surface area contributed by atoms with E-state index in [1.807, 2.05) is 6.07 Å². The highest BCUT2D eigenvalue weighted by Gasteiger charge is 2.11. The molecule has 0 unspecified atom stereocenters. The third-order valence-electron chi connectivity index (χ3n) is 2.77. The Morgan fingerprint density at radius 2 is 2.10 bits per heavy atom. The SMILES string of the molecule is Fc1ccccc1-c1n[nH]c(=S)n1/N=C/c1cccnc1. The molecule has 21 heavy (non-hydrogen) atoms. The van der Waals surface area contributed by atoms with Gasteiger partial charge in [0, 0.05) is 18.0 Å². The first kappa shape index (κ1) is 13.3. The number of aromatic amines is 1. The summed E-state index contributed by atoms with van der Waals surface area (Å²) in [6.45, 7) is 0. The summed E-state index contributed by atoms with van der Waals surface area (Å²) in [6, 6.07) is 9.98. The highest BCUT2D eigenvalue weighted by molar-refractivity contribution is 7.71. The molecular weight excluding hydrogens is 289 g/mol. The first-order valence-corrected chi connectivity index (χ1v) is 6.53. The molecule has 0 atom stereocenters. The molecule has 5 nitrogen and oxygen atoms in total. The van der Waals surface area contributed by atoms with Crippen LogP contribution in [0.4, 0.5) is 4.39 Å². The molecule has 2 aromatic heterocycles. The van der Waals surface area contributed by atoms with E-state index in [0.717, 1.165) is 5.56 Å². The second-order valence-electron chi connectivity index (χ2n) is 4.17. The summed E-state index contributed by atoms with van der Waals surface area (Å²) in [4.78, 5) is 3.99. The predicted molar refractivity (Wildman–Crippen MR) is 80.0 cm³/mol. The van der Waals surface area contributed by atoms with Gasteiger partial charge in [-0.05, 0) is 30.4 Å². The quantitative estimate of drug-likeness (QED) is 0.597. The van der Waals surface area contributed by atoms with Gasteiger partial charge in [0.15, 0.2) is 5.82 Å². The van der Waals surface area contributed by atoms with Crippen molar-refractivity contribution in [2.75, 3.05) is 0 Å². The van der Waals surface area contributed by atoms with E-state index in [9.17, 15) is 4.39 Å². The highest BCUT2D eigenvalue weighted by atomic mass is 32.1. The zero-order chi connectivity index (χ0) is 14.7. The fraction of sp³-hybridized carbons (Fsp3) is 0. The zero-order valence-electron chi connectivity index (χ0n) is 10.8. The molecule has 104 valence electrons. The van der Waals surface area contributed by atoms with Gasteiger partial charge >= 0.3 is 0 Å². The van der Waals surface area contributed by atoms with Crippen LogP contribution in [-0.2, 0) is 0 Å². The Morgan fingerprint density at radius 1 is 1.24 bits per heavy atom. The molecule has 3 rings (SSSR count). The molecule has 1 aromatic carbocycles. The summed E-state index contributed by atoms with van der Waals surface area (Å²) in [5.41, 5.74) is 1.13. The van der Waals surface area contributed by atoms with E-state index in [0.29, 0.717) is 11.4 Å². The van der Waals surface area contributed by atoms with Crippen molar-refractivity contribution in [2.24, 2.45) is 5.10 Å². The molecule has 7 heteroatoms. The van der Waals surface area contributed by atoms with Crippen molar-refractivity contribution < 1.29 is 4.39 Å². The van der Waals surface area contributed by atoms with Gasteiger partial charge in [0.05, 0.1) is 11.8 Å². The van der Waals surface area contributed by atoms with Gasteiger partial charge in [-0.25, -0.2) is 9.49 Å². The van der Waals surface area contributed by atoms with Gasteiger partial charge in [-0.3, -0.25) is 4.98 Å². The van der Waals surface area contributed by atoms with Crippen molar-refractivity contribution >= 4 is 18.4 Å². The third-order valence-corrected chi connectivity index (χ3v) is 3.04. The standard InChI is InChI=1S/C14H10FN5S/c15-12-6-2-1-5-11(12)13-18-19-14(21)20(13)17-9-10-4-3-7-16-8-10/h1-9H,(H,19,21)/b17-9+. The average molecular weight is 299 g/mol. The van der Waals surface area contributed by atoms with Crippen LogP contribution in [0.5, 0.6) is 0 Å². The van der Waals surface area contributed by atoms with E-state index in [1.165, 1.54) is 10.7 Å². The molecule has 1 N–H and O–H groups in total. The van der Waals surface area contributed by atoms with Gasteiger partial charge in [-0.2, -0.15) is 14.9 Å². The number of hydrogen-bond acceptors (Lipinski definition) is 4.